The second-order valence-corrected chi connectivity index (χ2v) is 6.39. The first-order valence-corrected chi connectivity index (χ1v) is 6.31. The molecule has 3 saturated carbocycles. The van der Waals surface area contributed by atoms with Gasteiger partial charge in [0, 0.05) is 4.91 Å². The Balaban J connectivity index is 1.78. The minimum atomic E-state index is -0.351. The zero-order valence-corrected chi connectivity index (χ0v) is 10.6. The molecule has 0 aromatic carbocycles. The van der Waals surface area contributed by atoms with Crippen molar-refractivity contribution in [2.75, 3.05) is 6.44 Å². The molecule has 0 spiro atoms. The van der Waals surface area contributed by atoms with Gasteiger partial charge in [-0.25, -0.2) is 0 Å². The summed E-state index contributed by atoms with van der Waals surface area (Å²) in [5.41, 5.74) is 8.55. The minimum Gasteiger partial charge on any atom is -0.405 e. The molecule has 1 heterocycles. The van der Waals surface area contributed by atoms with Gasteiger partial charge in [0.15, 0.2) is 0 Å². The van der Waals surface area contributed by atoms with Crippen molar-refractivity contribution >= 4 is 7.12 Å². The van der Waals surface area contributed by atoms with Crippen LogP contribution in [-0.4, -0.2) is 25.3 Å². The first-order valence-electron chi connectivity index (χ1n) is 6.31. The highest BCUT2D eigenvalue weighted by Crippen LogP contribution is 2.64. The van der Waals surface area contributed by atoms with Gasteiger partial charge in [0.05, 0.1) is 18.1 Å². The lowest BCUT2D eigenvalue weighted by Gasteiger charge is -2.63. The molecule has 0 N–H and O–H groups in total. The second-order valence-electron chi connectivity index (χ2n) is 6.39. The third-order valence-electron chi connectivity index (χ3n) is 5.16. The molecule has 0 radical (unpaired) electrons. The Bertz CT molecular complexity index is 396. The van der Waals surface area contributed by atoms with Gasteiger partial charge in [0.1, 0.15) is 0 Å². The average Bonchev–Trinajstić information content (AvgIpc) is 2.62. The summed E-state index contributed by atoms with van der Waals surface area (Å²) in [6, 6.07) is 0. The van der Waals surface area contributed by atoms with Crippen LogP contribution in [0.25, 0.3) is 10.4 Å². The van der Waals surface area contributed by atoms with E-state index in [4.69, 9.17) is 14.8 Å². The SMILES string of the molecule is CC1(C)[C@@H]2C[C@H]1C1OB(CN=[N+]=[N-])O[C@@]1(C)C2. The predicted molar refractivity (Wildman–Crippen MR) is 64.1 cm³/mol. The molecule has 6 heteroatoms. The van der Waals surface area contributed by atoms with Crippen molar-refractivity contribution in [2.45, 2.75) is 45.3 Å². The van der Waals surface area contributed by atoms with Crippen molar-refractivity contribution in [3.05, 3.63) is 10.4 Å². The van der Waals surface area contributed by atoms with Crippen LogP contribution in [0, 0.1) is 17.3 Å². The average molecular weight is 235 g/mol. The van der Waals surface area contributed by atoms with Crippen LogP contribution < -0.4 is 0 Å². The van der Waals surface area contributed by atoms with Crippen LogP contribution in [0.4, 0.5) is 0 Å². The molecular weight excluding hydrogens is 217 g/mol. The van der Waals surface area contributed by atoms with Crippen molar-refractivity contribution in [3.8, 4) is 0 Å². The Morgan fingerprint density at radius 2 is 2.24 bits per heavy atom. The molecule has 1 unspecified atom stereocenters. The number of azide groups is 1. The third kappa shape index (κ3) is 1.44. The topological polar surface area (TPSA) is 67.2 Å². The summed E-state index contributed by atoms with van der Waals surface area (Å²) >= 11 is 0. The highest BCUT2D eigenvalue weighted by atomic mass is 16.7. The first kappa shape index (κ1) is 11.4. The van der Waals surface area contributed by atoms with E-state index < -0.39 is 0 Å². The van der Waals surface area contributed by atoms with Gasteiger partial charge < -0.3 is 9.31 Å². The van der Waals surface area contributed by atoms with Crippen LogP contribution >= 0.6 is 0 Å². The predicted octanol–water partition coefficient (Wildman–Crippen LogP) is 2.56. The Hall–Kier alpha value is -0.705. The van der Waals surface area contributed by atoms with Gasteiger partial charge >= 0.3 is 7.12 Å². The monoisotopic (exact) mass is 235 g/mol. The lowest BCUT2D eigenvalue weighted by Crippen LogP contribution is -2.63. The van der Waals surface area contributed by atoms with Gasteiger partial charge in [-0.3, -0.25) is 0 Å². The van der Waals surface area contributed by atoms with Crippen LogP contribution in [-0.2, 0) is 9.31 Å². The molecular formula is C11H18BN3O2. The summed E-state index contributed by atoms with van der Waals surface area (Å²) in [5.74, 6) is 1.33. The quantitative estimate of drug-likeness (QED) is 0.319. The molecule has 17 heavy (non-hydrogen) atoms. The first-order chi connectivity index (χ1) is 7.97. The number of rotatable bonds is 2. The number of nitrogens with zero attached hydrogens (tertiary/aromatic N) is 3. The normalized spacial score (nSPS) is 45.8. The fourth-order valence-corrected chi connectivity index (χ4v) is 3.98. The maximum absolute atomic E-state index is 8.34. The molecule has 4 atom stereocenters. The highest BCUT2D eigenvalue weighted by Gasteiger charge is 2.66. The summed E-state index contributed by atoms with van der Waals surface area (Å²) in [7, 11) is -0.351. The van der Waals surface area contributed by atoms with Crippen LogP contribution in [0.1, 0.15) is 33.6 Å². The molecule has 1 aliphatic heterocycles. The summed E-state index contributed by atoms with van der Waals surface area (Å²) in [6.07, 6.45) is 2.76. The Morgan fingerprint density at radius 3 is 2.88 bits per heavy atom. The molecule has 5 nitrogen and oxygen atoms in total. The van der Waals surface area contributed by atoms with Crippen molar-refractivity contribution in [1.29, 1.82) is 0 Å². The molecule has 0 amide bonds. The van der Waals surface area contributed by atoms with E-state index in [1.165, 1.54) is 6.42 Å². The number of hydrogen-bond donors (Lipinski definition) is 0. The highest BCUT2D eigenvalue weighted by molar-refractivity contribution is 6.45. The molecule has 4 aliphatic rings. The van der Waals surface area contributed by atoms with Gasteiger partial charge in [-0.05, 0) is 42.5 Å². The van der Waals surface area contributed by atoms with E-state index in [9.17, 15) is 0 Å². The van der Waals surface area contributed by atoms with Crippen molar-refractivity contribution in [3.63, 3.8) is 0 Å². The van der Waals surface area contributed by atoms with Gasteiger partial charge in [-0.2, -0.15) is 0 Å². The van der Waals surface area contributed by atoms with Crippen LogP contribution in [0.3, 0.4) is 0 Å². The van der Waals surface area contributed by atoms with Gasteiger partial charge in [-0.15, -0.1) is 0 Å². The second kappa shape index (κ2) is 3.41. The van der Waals surface area contributed by atoms with E-state index in [2.05, 4.69) is 30.8 Å². The van der Waals surface area contributed by atoms with Crippen molar-refractivity contribution in [2.24, 2.45) is 22.4 Å². The lowest BCUT2D eigenvalue weighted by atomic mass is 9.45. The molecule has 3 aliphatic carbocycles. The molecule has 0 aromatic rings. The molecule has 0 aromatic heterocycles. The fourth-order valence-electron chi connectivity index (χ4n) is 3.98. The number of hydrogen-bond acceptors (Lipinski definition) is 3. The Kier molecular flexibility index (Phi) is 2.28. The van der Waals surface area contributed by atoms with E-state index in [0.29, 0.717) is 11.3 Å². The minimum absolute atomic E-state index is 0.168. The van der Waals surface area contributed by atoms with Gasteiger partial charge in [0.2, 0.25) is 0 Å². The maximum atomic E-state index is 8.34. The van der Waals surface area contributed by atoms with Crippen molar-refractivity contribution < 1.29 is 9.31 Å². The lowest BCUT2D eigenvalue weighted by molar-refractivity contribution is -0.185. The summed E-state index contributed by atoms with van der Waals surface area (Å²) in [4.78, 5) is 2.76. The van der Waals surface area contributed by atoms with Crippen LogP contribution in [0.2, 0.25) is 0 Å². The summed E-state index contributed by atoms with van der Waals surface area (Å²) in [6.45, 7) is 6.80. The molecule has 1 saturated heterocycles. The zero-order valence-electron chi connectivity index (χ0n) is 10.6. The molecule has 4 fully saturated rings. The Labute approximate surface area is 102 Å². The van der Waals surface area contributed by atoms with Gasteiger partial charge in [-0.1, -0.05) is 19.0 Å². The maximum Gasteiger partial charge on any atom is 0.463 e. The van der Waals surface area contributed by atoms with Crippen LogP contribution in [0.15, 0.2) is 5.11 Å². The van der Waals surface area contributed by atoms with E-state index >= 15 is 0 Å². The molecule has 92 valence electrons. The van der Waals surface area contributed by atoms with Gasteiger partial charge in [0.25, 0.3) is 0 Å². The smallest absolute Gasteiger partial charge is 0.405 e. The standard InChI is InChI=1S/C11H18BN3O2/c1-10(2)7-4-8(10)9-11(3,5-7)17-12(16-9)6-14-15-13/h7-9H,4-6H2,1-3H3/t7-,8+,9?,11+/m1/s1. The summed E-state index contributed by atoms with van der Waals surface area (Å²) < 4.78 is 11.9. The van der Waals surface area contributed by atoms with E-state index in [0.717, 1.165) is 12.3 Å². The largest absolute Gasteiger partial charge is 0.463 e. The zero-order chi connectivity index (χ0) is 12.3. The Morgan fingerprint density at radius 1 is 1.47 bits per heavy atom. The van der Waals surface area contributed by atoms with E-state index in [1.807, 2.05) is 0 Å². The van der Waals surface area contributed by atoms with Crippen LogP contribution in [0.5, 0.6) is 0 Å². The van der Waals surface area contributed by atoms with E-state index in [-0.39, 0.29) is 25.3 Å². The third-order valence-corrected chi connectivity index (χ3v) is 5.16. The fraction of sp³-hybridized carbons (Fsp3) is 1.00. The van der Waals surface area contributed by atoms with E-state index in [1.54, 1.807) is 0 Å². The summed E-state index contributed by atoms with van der Waals surface area (Å²) in [5, 5.41) is 3.55. The molecule has 2 bridgehead atoms. The van der Waals surface area contributed by atoms with Crippen molar-refractivity contribution in [1.82, 2.24) is 0 Å². The molecule has 4 rings (SSSR count).